The molecule has 0 fully saturated rings. The molecule has 0 aliphatic rings. The molecular formula is C10H13Cl2NOS. The maximum absolute atomic E-state index is 6.01. The van der Waals surface area contributed by atoms with Crippen LogP contribution >= 0.6 is 35.0 Å². The fraction of sp³-hybridized carbons (Fsp3) is 0.500. The van der Waals surface area contributed by atoms with Gasteiger partial charge < -0.3 is 4.74 Å². The minimum absolute atomic E-state index is 0.438. The van der Waals surface area contributed by atoms with Crippen molar-refractivity contribution in [3.05, 3.63) is 28.0 Å². The Morgan fingerprint density at radius 2 is 2.27 bits per heavy atom. The highest BCUT2D eigenvalue weighted by molar-refractivity contribution is 7.98. The molecular weight excluding hydrogens is 253 g/mol. The van der Waals surface area contributed by atoms with Crippen molar-refractivity contribution in [2.45, 2.75) is 12.2 Å². The minimum Gasteiger partial charge on any atom is -0.385 e. The highest BCUT2D eigenvalue weighted by Gasteiger charge is 2.02. The van der Waals surface area contributed by atoms with Crippen LogP contribution in [0.3, 0.4) is 0 Å². The molecule has 5 heteroatoms. The number of hydrogen-bond acceptors (Lipinski definition) is 3. The van der Waals surface area contributed by atoms with Crippen LogP contribution in [-0.2, 0) is 10.5 Å². The third kappa shape index (κ3) is 5.07. The van der Waals surface area contributed by atoms with E-state index in [0.29, 0.717) is 10.2 Å². The fourth-order valence-corrected chi connectivity index (χ4v) is 2.46. The van der Waals surface area contributed by atoms with E-state index in [-0.39, 0.29) is 0 Å². The van der Waals surface area contributed by atoms with Crippen LogP contribution in [0.1, 0.15) is 12.0 Å². The molecule has 84 valence electrons. The molecule has 0 unspecified atom stereocenters. The molecule has 0 aliphatic carbocycles. The molecule has 0 aliphatic heterocycles. The SMILES string of the molecule is COCCCSCc1cnc(Cl)cc1Cl. The van der Waals surface area contributed by atoms with E-state index in [1.165, 1.54) is 0 Å². The standard InChI is InChI=1S/C10H13Cl2NOS/c1-14-3-2-4-15-7-8-6-13-10(12)5-9(8)11/h5-6H,2-4,7H2,1H3. The Hall–Kier alpha value is 0.0400. The summed E-state index contributed by atoms with van der Waals surface area (Å²) in [6.07, 6.45) is 2.79. The van der Waals surface area contributed by atoms with E-state index in [9.17, 15) is 0 Å². The Bertz CT molecular complexity index is 309. The van der Waals surface area contributed by atoms with Crippen LogP contribution in [0.25, 0.3) is 0 Å². The Balaban J connectivity index is 2.31. The summed E-state index contributed by atoms with van der Waals surface area (Å²) in [4.78, 5) is 4.00. The molecule has 0 bridgehead atoms. The second kappa shape index (κ2) is 7.34. The normalized spacial score (nSPS) is 10.6. The van der Waals surface area contributed by atoms with E-state index < -0.39 is 0 Å². The van der Waals surface area contributed by atoms with Crippen molar-refractivity contribution in [2.24, 2.45) is 0 Å². The Morgan fingerprint density at radius 1 is 1.47 bits per heavy atom. The molecule has 0 saturated heterocycles. The summed E-state index contributed by atoms with van der Waals surface area (Å²) < 4.78 is 4.96. The maximum atomic E-state index is 6.01. The number of ether oxygens (including phenoxy) is 1. The number of nitrogens with zero attached hydrogens (tertiary/aromatic N) is 1. The van der Waals surface area contributed by atoms with Gasteiger partial charge in [-0.1, -0.05) is 23.2 Å². The van der Waals surface area contributed by atoms with Crippen molar-refractivity contribution in [2.75, 3.05) is 19.5 Å². The number of hydrogen-bond donors (Lipinski definition) is 0. The van der Waals surface area contributed by atoms with E-state index >= 15 is 0 Å². The lowest BCUT2D eigenvalue weighted by Gasteiger charge is -2.03. The third-order valence-corrected chi connectivity index (χ3v) is 3.44. The smallest absolute Gasteiger partial charge is 0.130 e. The molecule has 0 saturated carbocycles. The molecule has 2 nitrogen and oxygen atoms in total. The van der Waals surface area contributed by atoms with E-state index in [2.05, 4.69) is 4.98 Å². The van der Waals surface area contributed by atoms with Gasteiger partial charge in [-0.25, -0.2) is 4.98 Å². The lowest BCUT2D eigenvalue weighted by atomic mass is 10.3. The van der Waals surface area contributed by atoms with Gasteiger partial charge in [0.25, 0.3) is 0 Å². The highest BCUT2D eigenvalue weighted by Crippen LogP contribution is 2.23. The zero-order valence-corrected chi connectivity index (χ0v) is 10.8. The molecule has 0 amide bonds. The van der Waals surface area contributed by atoms with Gasteiger partial charge in [-0.05, 0) is 23.8 Å². The molecule has 0 radical (unpaired) electrons. The Kier molecular flexibility index (Phi) is 6.41. The lowest BCUT2D eigenvalue weighted by Crippen LogP contribution is -1.92. The topological polar surface area (TPSA) is 22.1 Å². The van der Waals surface area contributed by atoms with Gasteiger partial charge >= 0.3 is 0 Å². The first-order valence-corrected chi connectivity index (χ1v) is 6.51. The Labute approximate surface area is 104 Å². The van der Waals surface area contributed by atoms with E-state index in [4.69, 9.17) is 27.9 Å². The second-order valence-electron chi connectivity index (χ2n) is 3.00. The summed E-state index contributed by atoms with van der Waals surface area (Å²) in [5.41, 5.74) is 1.03. The van der Waals surface area contributed by atoms with Gasteiger partial charge in [0, 0.05) is 30.7 Å². The number of aromatic nitrogens is 1. The van der Waals surface area contributed by atoms with Gasteiger partial charge in [0.15, 0.2) is 0 Å². The molecule has 1 heterocycles. The summed E-state index contributed by atoms with van der Waals surface area (Å²) in [6, 6.07) is 1.67. The summed E-state index contributed by atoms with van der Waals surface area (Å²) in [7, 11) is 1.71. The predicted octanol–water partition coefficient (Wildman–Crippen LogP) is 3.66. The molecule has 0 N–H and O–H groups in total. The van der Waals surface area contributed by atoms with E-state index in [1.54, 1.807) is 19.4 Å². The van der Waals surface area contributed by atoms with Gasteiger partial charge in [0.2, 0.25) is 0 Å². The number of thioether (sulfide) groups is 1. The van der Waals surface area contributed by atoms with Gasteiger partial charge in [0.1, 0.15) is 5.15 Å². The second-order valence-corrected chi connectivity index (χ2v) is 4.90. The van der Waals surface area contributed by atoms with Gasteiger partial charge in [-0.3, -0.25) is 0 Å². The quantitative estimate of drug-likeness (QED) is 0.579. The zero-order chi connectivity index (χ0) is 11.1. The van der Waals surface area contributed by atoms with Crippen LogP contribution in [0.2, 0.25) is 10.2 Å². The van der Waals surface area contributed by atoms with Crippen LogP contribution in [0.5, 0.6) is 0 Å². The molecule has 1 aromatic heterocycles. The molecule has 0 atom stereocenters. The average molecular weight is 266 g/mol. The zero-order valence-electron chi connectivity index (χ0n) is 8.50. The van der Waals surface area contributed by atoms with E-state index in [0.717, 1.165) is 30.1 Å². The van der Waals surface area contributed by atoms with Crippen molar-refractivity contribution in [3.63, 3.8) is 0 Å². The summed E-state index contributed by atoms with van der Waals surface area (Å²) in [5, 5.41) is 1.13. The van der Waals surface area contributed by atoms with Crippen LogP contribution in [0, 0.1) is 0 Å². The fourth-order valence-electron chi connectivity index (χ4n) is 1.03. The molecule has 0 aromatic carbocycles. The van der Waals surface area contributed by atoms with Crippen LogP contribution < -0.4 is 0 Å². The summed E-state index contributed by atoms with van der Waals surface area (Å²) in [6.45, 7) is 0.805. The van der Waals surface area contributed by atoms with Gasteiger partial charge in [0.05, 0.1) is 0 Å². The van der Waals surface area contributed by atoms with Gasteiger partial charge in [-0.2, -0.15) is 11.8 Å². The van der Waals surface area contributed by atoms with Gasteiger partial charge in [-0.15, -0.1) is 0 Å². The third-order valence-electron chi connectivity index (χ3n) is 1.79. The summed E-state index contributed by atoms with van der Waals surface area (Å²) >= 11 is 13.5. The number of rotatable bonds is 6. The Morgan fingerprint density at radius 3 is 2.93 bits per heavy atom. The number of methoxy groups -OCH3 is 1. The van der Waals surface area contributed by atoms with Crippen LogP contribution in [0.4, 0.5) is 0 Å². The average Bonchev–Trinajstić information content (AvgIpc) is 2.20. The van der Waals surface area contributed by atoms with Crippen molar-refractivity contribution in [3.8, 4) is 0 Å². The molecule has 0 spiro atoms. The van der Waals surface area contributed by atoms with Crippen LogP contribution in [0.15, 0.2) is 12.3 Å². The largest absolute Gasteiger partial charge is 0.385 e. The first-order valence-electron chi connectivity index (χ1n) is 4.60. The maximum Gasteiger partial charge on any atom is 0.130 e. The highest BCUT2D eigenvalue weighted by atomic mass is 35.5. The molecule has 1 rings (SSSR count). The number of pyridine rings is 1. The van der Waals surface area contributed by atoms with Crippen molar-refractivity contribution in [1.82, 2.24) is 4.98 Å². The molecule has 15 heavy (non-hydrogen) atoms. The number of halogens is 2. The predicted molar refractivity (Wildman–Crippen MR) is 66.9 cm³/mol. The first kappa shape index (κ1) is 13.1. The van der Waals surface area contributed by atoms with Crippen molar-refractivity contribution in [1.29, 1.82) is 0 Å². The van der Waals surface area contributed by atoms with Crippen molar-refractivity contribution >= 4 is 35.0 Å². The minimum atomic E-state index is 0.438. The first-order chi connectivity index (χ1) is 7.24. The monoisotopic (exact) mass is 265 g/mol. The van der Waals surface area contributed by atoms with E-state index in [1.807, 2.05) is 11.8 Å². The molecule has 1 aromatic rings. The van der Waals surface area contributed by atoms with Crippen molar-refractivity contribution < 1.29 is 4.74 Å². The van der Waals surface area contributed by atoms with Crippen LogP contribution in [-0.4, -0.2) is 24.5 Å². The lowest BCUT2D eigenvalue weighted by molar-refractivity contribution is 0.200. The summed E-state index contributed by atoms with van der Waals surface area (Å²) in [5.74, 6) is 1.93.